The molecule has 1 saturated carbocycles. The molecule has 0 bridgehead atoms. The molecule has 27 heavy (non-hydrogen) atoms. The van der Waals surface area contributed by atoms with Crippen LogP contribution in [0.3, 0.4) is 0 Å². The van der Waals surface area contributed by atoms with Crippen LogP contribution in [0.5, 0.6) is 0 Å². The van der Waals surface area contributed by atoms with Crippen molar-refractivity contribution < 1.29 is 17.7 Å². The van der Waals surface area contributed by atoms with E-state index in [-0.39, 0.29) is 17.6 Å². The molecule has 0 atom stereocenters. The van der Waals surface area contributed by atoms with Gasteiger partial charge in [0, 0.05) is 37.5 Å². The summed E-state index contributed by atoms with van der Waals surface area (Å²) >= 11 is 0. The van der Waals surface area contributed by atoms with E-state index in [1.807, 2.05) is 23.1 Å². The average Bonchev–Trinajstić information content (AvgIpc) is 3.10. The van der Waals surface area contributed by atoms with Crippen molar-refractivity contribution in [2.75, 3.05) is 26.2 Å². The molecule has 4 rings (SSSR count). The Morgan fingerprint density at radius 1 is 1.07 bits per heavy atom. The zero-order chi connectivity index (χ0) is 18.9. The number of hydrogen-bond acceptors (Lipinski definition) is 5. The van der Waals surface area contributed by atoms with Crippen LogP contribution in [-0.4, -0.2) is 54.9 Å². The Kier molecular flexibility index (Phi) is 5.19. The zero-order valence-electron chi connectivity index (χ0n) is 15.3. The van der Waals surface area contributed by atoms with E-state index in [0.29, 0.717) is 37.5 Å². The molecule has 1 aliphatic carbocycles. The summed E-state index contributed by atoms with van der Waals surface area (Å²) in [7, 11) is -3.50. The standard InChI is InChI=1S/C19H25N3O4S/c23-19(15-6-2-1-3-7-15)21-10-12-22(13-11-21)27(24,25)14-17-16-8-4-5-9-18(16)26-20-17/h4-5,8-9,15H,1-3,6-7,10-14H2. The second-order valence-electron chi connectivity index (χ2n) is 7.44. The second kappa shape index (κ2) is 7.59. The highest BCUT2D eigenvalue weighted by Gasteiger charge is 2.32. The van der Waals surface area contributed by atoms with E-state index in [1.54, 1.807) is 6.07 Å². The van der Waals surface area contributed by atoms with Crippen molar-refractivity contribution in [2.24, 2.45) is 5.92 Å². The van der Waals surface area contributed by atoms with Gasteiger partial charge in [0.25, 0.3) is 0 Å². The predicted molar refractivity (Wildman–Crippen MR) is 101 cm³/mol. The first kappa shape index (κ1) is 18.4. The van der Waals surface area contributed by atoms with Crippen LogP contribution in [0.2, 0.25) is 0 Å². The molecule has 7 nitrogen and oxygen atoms in total. The largest absolute Gasteiger partial charge is 0.356 e. The van der Waals surface area contributed by atoms with Crippen molar-refractivity contribution in [2.45, 2.75) is 37.9 Å². The summed E-state index contributed by atoms with van der Waals surface area (Å²) in [5.41, 5.74) is 1.02. The molecule has 1 saturated heterocycles. The maximum Gasteiger partial charge on any atom is 0.225 e. The Hall–Kier alpha value is -1.93. The molecule has 1 aliphatic heterocycles. The molecule has 8 heteroatoms. The van der Waals surface area contributed by atoms with Crippen molar-refractivity contribution >= 4 is 26.9 Å². The molecule has 0 spiro atoms. The second-order valence-corrected chi connectivity index (χ2v) is 9.41. The smallest absolute Gasteiger partial charge is 0.225 e. The maximum atomic E-state index is 12.8. The zero-order valence-corrected chi connectivity index (χ0v) is 16.2. The SMILES string of the molecule is O=C(C1CCCCC1)N1CCN(S(=O)(=O)Cc2noc3ccccc23)CC1. The van der Waals surface area contributed by atoms with E-state index in [4.69, 9.17) is 4.52 Å². The highest BCUT2D eigenvalue weighted by molar-refractivity contribution is 7.88. The summed E-state index contributed by atoms with van der Waals surface area (Å²) in [5.74, 6) is 0.151. The number of carbonyl (C=O) groups excluding carboxylic acids is 1. The molecule has 2 fully saturated rings. The molecule has 2 aliphatic rings. The molecule has 0 unspecified atom stereocenters. The topological polar surface area (TPSA) is 83.7 Å². The van der Waals surface area contributed by atoms with Crippen molar-refractivity contribution in [3.05, 3.63) is 30.0 Å². The van der Waals surface area contributed by atoms with Crippen LogP contribution in [0.1, 0.15) is 37.8 Å². The van der Waals surface area contributed by atoms with Crippen LogP contribution in [-0.2, 0) is 20.6 Å². The maximum absolute atomic E-state index is 12.8. The van der Waals surface area contributed by atoms with Crippen LogP contribution in [0.25, 0.3) is 11.0 Å². The molecule has 2 aromatic rings. The van der Waals surface area contributed by atoms with Gasteiger partial charge >= 0.3 is 0 Å². The van der Waals surface area contributed by atoms with Gasteiger partial charge < -0.3 is 9.42 Å². The van der Waals surface area contributed by atoms with Gasteiger partial charge in [-0.3, -0.25) is 4.79 Å². The Bertz CT molecular complexity index is 910. The summed E-state index contributed by atoms with van der Waals surface area (Å²) in [6, 6.07) is 7.26. The first-order chi connectivity index (χ1) is 13.0. The minimum Gasteiger partial charge on any atom is -0.356 e. The Labute approximate surface area is 159 Å². The van der Waals surface area contributed by atoms with Crippen LogP contribution in [0.15, 0.2) is 28.8 Å². The van der Waals surface area contributed by atoms with Gasteiger partial charge in [0.05, 0.1) is 0 Å². The van der Waals surface area contributed by atoms with E-state index in [2.05, 4.69) is 5.16 Å². The third-order valence-electron chi connectivity index (χ3n) is 5.67. The van der Waals surface area contributed by atoms with Crippen LogP contribution in [0.4, 0.5) is 0 Å². The number of sulfonamides is 1. The lowest BCUT2D eigenvalue weighted by Gasteiger charge is -2.36. The lowest BCUT2D eigenvalue weighted by atomic mass is 9.88. The number of amides is 1. The highest BCUT2D eigenvalue weighted by atomic mass is 32.2. The fourth-order valence-corrected chi connectivity index (χ4v) is 5.56. The molecule has 1 aromatic carbocycles. The van der Waals surface area contributed by atoms with Gasteiger partial charge in [-0.15, -0.1) is 0 Å². The monoisotopic (exact) mass is 391 g/mol. The van der Waals surface area contributed by atoms with Gasteiger partial charge in [-0.25, -0.2) is 8.42 Å². The lowest BCUT2D eigenvalue weighted by Crippen LogP contribution is -2.52. The first-order valence-electron chi connectivity index (χ1n) is 9.64. The molecule has 1 aromatic heterocycles. The normalized spacial score (nSPS) is 20.2. The van der Waals surface area contributed by atoms with E-state index in [9.17, 15) is 13.2 Å². The van der Waals surface area contributed by atoms with E-state index < -0.39 is 10.0 Å². The van der Waals surface area contributed by atoms with Gasteiger partial charge in [-0.2, -0.15) is 4.31 Å². The molecular formula is C19H25N3O4S. The number of piperazine rings is 1. The lowest BCUT2D eigenvalue weighted by molar-refractivity contribution is -0.137. The van der Waals surface area contributed by atoms with Gasteiger partial charge in [0.15, 0.2) is 5.58 Å². The fourth-order valence-electron chi connectivity index (χ4n) is 4.10. The Morgan fingerprint density at radius 3 is 2.52 bits per heavy atom. The van der Waals surface area contributed by atoms with Crippen LogP contribution < -0.4 is 0 Å². The van der Waals surface area contributed by atoms with E-state index in [1.165, 1.54) is 10.7 Å². The minimum atomic E-state index is -3.50. The number of rotatable bonds is 4. The summed E-state index contributed by atoms with van der Waals surface area (Å²) in [4.78, 5) is 14.5. The van der Waals surface area contributed by atoms with Crippen molar-refractivity contribution in [3.63, 3.8) is 0 Å². The number of aromatic nitrogens is 1. The molecule has 1 amide bonds. The highest BCUT2D eigenvalue weighted by Crippen LogP contribution is 2.26. The molecule has 0 radical (unpaired) electrons. The van der Waals surface area contributed by atoms with E-state index in [0.717, 1.165) is 31.1 Å². The number of fused-ring (bicyclic) bond motifs is 1. The van der Waals surface area contributed by atoms with Gasteiger partial charge in [-0.1, -0.05) is 36.6 Å². The van der Waals surface area contributed by atoms with Gasteiger partial charge in [-0.05, 0) is 25.0 Å². The summed E-state index contributed by atoms with van der Waals surface area (Å²) in [5, 5.41) is 4.66. The molecule has 146 valence electrons. The number of para-hydroxylation sites is 1. The number of benzene rings is 1. The minimum absolute atomic E-state index is 0.128. The van der Waals surface area contributed by atoms with Crippen LogP contribution in [0, 0.1) is 5.92 Å². The number of nitrogens with zero attached hydrogens (tertiary/aromatic N) is 3. The Balaban J connectivity index is 1.39. The first-order valence-corrected chi connectivity index (χ1v) is 11.3. The summed E-state index contributed by atoms with van der Waals surface area (Å²) < 4.78 is 32.3. The summed E-state index contributed by atoms with van der Waals surface area (Å²) in [6.07, 6.45) is 5.40. The Morgan fingerprint density at radius 2 is 1.78 bits per heavy atom. The molecule has 2 heterocycles. The van der Waals surface area contributed by atoms with Gasteiger partial charge in [0.2, 0.25) is 15.9 Å². The molecular weight excluding hydrogens is 366 g/mol. The average molecular weight is 391 g/mol. The predicted octanol–water partition coefficient (Wildman–Crippen LogP) is 2.38. The van der Waals surface area contributed by atoms with Crippen LogP contribution >= 0.6 is 0 Å². The number of carbonyl (C=O) groups is 1. The quantitative estimate of drug-likeness (QED) is 0.799. The number of hydrogen-bond donors (Lipinski definition) is 0. The fraction of sp³-hybridized carbons (Fsp3) is 0.579. The van der Waals surface area contributed by atoms with E-state index >= 15 is 0 Å². The van der Waals surface area contributed by atoms with Crippen molar-refractivity contribution in [1.29, 1.82) is 0 Å². The van der Waals surface area contributed by atoms with Gasteiger partial charge in [0.1, 0.15) is 11.4 Å². The molecule has 0 N–H and O–H groups in total. The third kappa shape index (κ3) is 3.87. The van der Waals surface area contributed by atoms with Crippen molar-refractivity contribution in [3.8, 4) is 0 Å². The summed E-state index contributed by atoms with van der Waals surface area (Å²) in [6.45, 7) is 1.62. The van der Waals surface area contributed by atoms with Crippen molar-refractivity contribution in [1.82, 2.24) is 14.4 Å². The third-order valence-corrected chi connectivity index (χ3v) is 7.46.